The molecule has 0 aliphatic carbocycles. The number of aliphatic hydroxyl groups excluding tert-OH is 1. The predicted octanol–water partition coefficient (Wildman–Crippen LogP) is 3.91. The maximum Gasteiger partial charge on any atom is 0.225 e. The first-order chi connectivity index (χ1) is 17.0. The minimum Gasteiger partial charge on any atom is -0.486 e. The fraction of sp³-hybridized carbons (Fsp3) is 0.500. The molecule has 35 heavy (non-hydrogen) atoms. The van der Waals surface area contributed by atoms with Crippen molar-refractivity contribution < 1.29 is 19.4 Å². The molecule has 3 heterocycles. The Morgan fingerprint density at radius 2 is 1.83 bits per heavy atom. The standard InChI is InChI=1S/C26H31Cl2N3O4/c27-19-4-5-22(20(28)14-19)31-10-7-18(15-31)26(33)29-21(16-30-8-1-2-9-30)25(32)17-3-6-23-24(13-17)35-12-11-34-23/h3-6,13-14,18,21,25,32H,1-2,7-12,15-16H2,(H,29,33)/t18?,21-,25-/m1/s1. The van der Waals surface area contributed by atoms with Crippen LogP contribution in [0.3, 0.4) is 0 Å². The summed E-state index contributed by atoms with van der Waals surface area (Å²) >= 11 is 12.4. The number of ether oxygens (including phenoxy) is 2. The van der Waals surface area contributed by atoms with Crippen LogP contribution in [0.25, 0.3) is 0 Å². The highest BCUT2D eigenvalue weighted by Crippen LogP contribution is 2.35. The number of carbonyl (C=O) groups is 1. The molecule has 0 saturated carbocycles. The van der Waals surface area contributed by atoms with Crippen LogP contribution in [0.4, 0.5) is 5.69 Å². The SMILES string of the molecule is O=C(N[C@H](CN1CCCC1)[C@H](O)c1ccc2c(c1)OCCO2)C1CCN(c2ccc(Cl)cc2Cl)C1. The van der Waals surface area contributed by atoms with E-state index in [9.17, 15) is 9.90 Å². The Hall–Kier alpha value is -2.19. The zero-order valence-corrected chi connectivity index (χ0v) is 21.1. The topological polar surface area (TPSA) is 74.3 Å². The number of amides is 1. The van der Waals surface area contributed by atoms with Crippen molar-refractivity contribution in [1.29, 1.82) is 0 Å². The average molecular weight is 520 g/mol. The molecular weight excluding hydrogens is 489 g/mol. The number of rotatable bonds is 7. The molecule has 0 radical (unpaired) electrons. The van der Waals surface area contributed by atoms with Gasteiger partial charge in [-0.05, 0) is 68.2 Å². The Bertz CT molecular complexity index is 1060. The number of fused-ring (bicyclic) bond motifs is 1. The van der Waals surface area contributed by atoms with E-state index in [1.165, 1.54) is 0 Å². The summed E-state index contributed by atoms with van der Waals surface area (Å²) in [6, 6.07) is 10.5. The van der Waals surface area contributed by atoms with Crippen molar-refractivity contribution in [3.8, 4) is 11.5 Å². The Kier molecular flexibility index (Phi) is 7.58. The van der Waals surface area contributed by atoms with E-state index >= 15 is 0 Å². The van der Waals surface area contributed by atoms with E-state index in [0.29, 0.717) is 53.4 Å². The maximum absolute atomic E-state index is 13.3. The molecule has 188 valence electrons. The highest BCUT2D eigenvalue weighted by Gasteiger charge is 2.33. The Labute approximate surface area is 215 Å². The van der Waals surface area contributed by atoms with E-state index in [2.05, 4.69) is 15.1 Å². The molecule has 2 saturated heterocycles. The van der Waals surface area contributed by atoms with Gasteiger partial charge in [0.15, 0.2) is 11.5 Å². The van der Waals surface area contributed by atoms with Gasteiger partial charge in [-0.1, -0.05) is 29.3 Å². The summed E-state index contributed by atoms with van der Waals surface area (Å²) in [6.07, 6.45) is 2.14. The number of aliphatic hydroxyl groups is 1. The van der Waals surface area contributed by atoms with Crippen LogP contribution in [0.5, 0.6) is 11.5 Å². The number of benzene rings is 2. The van der Waals surface area contributed by atoms with Crippen molar-refractivity contribution in [2.24, 2.45) is 5.92 Å². The third-order valence-electron chi connectivity index (χ3n) is 7.08. The fourth-order valence-electron chi connectivity index (χ4n) is 5.18. The van der Waals surface area contributed by atoms with Crippen LogP contribution in [0.2, 0.25) is 10.0 Å². The Morgan fingerprint density at radius 3 is 2.60 bits per heavy atom. The number of hydrogen-bond donors (Lipinski definition) is 2. The molecule has 0 aromatic heterocycles. The van der Waals surface area contributed by atoms with Crippen LogP contribution in [0.1, 0.15) is 30.9 Å². The Morgan fingerprint density at radius 1 is 1.06 bits per heavy atom. The number of carbonyl (C=O) groups excluding carboxylic acids is 1. The maximum atomic E-state index is 13.3. The van der Waals surface area contributed by atoms with Gasteiger partial charge in [0, 0.05) is 24.7 Å². The van der Waals surface area contributed by atoms with E-state index < -0.39 is 12.1 Å². The number of anilines is 1. The molecule has 3 aliphatic heterocycles. The lowest BCUT2D eigenvalue weighted by Gasteiger charge is -2.30. The molecule has 7 nitrogen and oxygen atoms in total. The summed E-state index contributed by atoms with van der Waals surface area (Å²) in [7, 11) is 0. The van der Waals surface area contributed by atoms with Crippen molar-refractivity contribution in [3.63, 3.8) is 0 Å². The highest BCUT2D eigenvalue weighted by atomic mass is 35.5. The largest absolute Gasteiger partial charge is 0.486 e. The van der Waals surface area contributed by atoms with Gasteiger partial charge in [-0.15, -0.1) is 0 Å². The van der Waals surface area contributed by atoms with Gasteiger partial charge in [-0.3, -0.25) is 4.79 Å². The predicted molar refractivity (Wildman–Crippen MR) is 137 cm³/mol. The second kappa shape index (κ2) is 10.8. The summed E-state index contributed by atoms with van der Waals surface area (Å²) in [5.74, 6) is 1.08. The second-order valence-corrected chi connectivity index (χ2v) is 10.3. The Balaban J connectivity index is 1.29. The molecule has 3 atom stereocenters. The monoisotopic (exact) mass is 519 g/mol. The number of nitrogens with one attached hydrogen (secondary N) is 1. The molecule has 3 aliphatic rings. The first kappa shape index (κ1) is 24.5. The number of likely N-dealkylation sites (tertiary alicyclic amines) is 1. The number of halogens is 2. The zero-order valence-electron chi connectivity index (χ0n) is 19.6. The van der Waals surface area contributed by atoms with Crippen LogP contribution in [0, 0.1) is 5.92 Å². The van der Waals surface area contributed by atoms with Crippen molar-refractivity contribution in [1.82, 2.24) is 10.2 Å². The van der Waals surface area contributed by atoms with Gasteiger partial charge in [-0.2, -0.15) is 0 Å². The number of nitrogens with zero attached hydrogens (tertiary/aromatic N) is 2. The van der Waals surface area contributed by atoms with Crippen molar-refractivity contribution >= 4 is 34.8 Å². The lowest BCUT2D eigenvalue weighted by Crippen LogP contribution is -2.48. The molecule has 9 heteroatoms. The minimum absolute atomic E-state index is 0.0432. The van der Waals surface area contributed by atoms with Crippen molar-refractivity contribution in [2.45, 2.75) is 31.4 Å². The van der Waals surface area contributed by atoms with Gasteiger partial charge in [-0.25, -0.2) is 0 Å². The van der Waals surface area contributed by atoms with Crippen LogP contribution in [-0.2, 0) is 4.79 Å². The molecule has 0 spiro atoms. The molecule has 1 amide bonds. The van der Waals surface area contributed by atoms with Gasteiger partial charge in [0.05, 0.1) is 22.7 Å². The van der Waals surface area contributed by atoms with Crippen molar-refractivity contribution in [2.75, 3.05) is 50.8 Å². The first-order valence-corrected chi connectivity index (χ1v) is 13.0. The summed E-state index contributed by atoms with van der Waals surface area (Å²) in [5.41, 5.74) is 1.59. The van der Waals surface area contributed by atoms with Crippen LogP contribution < -0.4 is 19.7 Å². The molecule has 2 aromatic carbocycles. The summed E-state index contributed by atoms with van der Waals surface area (Å²) < 4.78 is 11.3. The normalized spacial score (nSPS) is 21.7. The van der Waals surface area contributed by atoms with Gasteiger partial charge in [0.1, 0.15) is 19.3 Å². The van der Waals surface area contributed by atoms with E-state index in [1.807, 2.05) is 30.3 Å². The quantitative estimate of drug-likeness (QED) is 0.577. The van der Waals surface area contributed by atoms with Gasteiger partial charge in [0.2, 0.25) is 5.91 Å². The van der Waals surface area contributed by atoms with E-state index in [0.717, 1.165) is 44.6 Å². The lowest BCUT2D eigenvalue weighted by molar-refractivity contribution is -0.126. The molecule has 2 N–H and O–H groups in total. The van der Waals surface area contributed by atoms with E-state index in [4.69, 9.17) is 32.7 Å². The first-order valence-electron chi connectivity index (χ1n) is 12.3. The van der Waals surface area contributed by atoms with Gasteiger partial charge in [0.25, 0.3) is 0 Å². The third kappa shape index (κ3) is 5.64. The fourth-order valence-corrected chi connectivity index (χ4v) is 5.70. The highest BCUT2D eigenvalue weighted by molar-refractivity contribution is 6.36. The van der Waals surface area contributed by atoms with Crippen molar-refractivity contribution in [3.05, 3.63) is 52.0 Å². The summed E-state index contributed by atoms with van der Waals surface area (Å²) in [5, 5.41) is 15.7. The summed E-state index contributed by atoms with van der Waals surface area (Å²) in [4.78, 5) is 17.8. The minimum atomic E-state index is -0.862. The third-order valence-corrected chi connectivity index (χ3v) is 7.62. The van der Waals surface area contributed by atoms with Crippen LogP contribution in [0.15, 0.2) is 36.4 Å². The van der Waals surface area contributed by atoms with Gasteiger partial charge < -0.3 is 29.7 Å². The number of hydrogen-bond acceptors (Lipinski definition) is 6. The summed E-state index contributed by atoms with van der Waals surface area (Å²) in [6.45, 7) is 4.86. The molecular formula is C26H31Cl2N3O4. The zero-order chi connectivity index (χ0) is 24.4. The molecule has 1 unspecified atom stereocenters. The van der Waals surface area contributed by atoms with E-state index in [1.54, 1.807) is 6.07 Å². The molecule has 2 aromatic rings. The molecule has 5 rings (SSSR count). The molecule has 0 bridgehead atoms. The average Bonchev–Trinajstić information content (AvgIpc) is 3.55. The van der Waals surface area contributed by atoms with Gasteiger partial charge >= 0.3 is 0 Å². The van der Waals surface area contributed by atoms with E-state index in [-0.39, 0.29) is 11.8 Å². The smallest absolute Gasteiger partial charge is 0.225 e. The molecule has 2 fully saturated rings. The van der Waals surface area contributed by atoms with Crippen LogP contribution >= 0.6 is 23.2 Å². The lowest BCUT2D eigenvalue weighted by atomic mass is 9.99. The van der Waals surface area contributed by atoms with Crippen LogP contribution in [-0.4, -0.2) is 67.9 Å². The second-order valence-electron chi connectivity index (χ2n) is 9.50.